The Balaban J connectivity index is 1.55. The molecule has 1 aliphatic rings. The molecule has 0 aromatic heterocycles. The molecular formula is C22H23N3O6. The average molecular weight is 425 g/mol. The van der Waals surface area contributed by atoms with Gasteiger partial charge in [0.1, 0.15) is 0 Å². The Kier molecular flexibility index (Phi) is 6.64. The number of rotatable bonds is 7. The highest BCUT2D eigenvalue weighted by atomic mass is 16.5. The van der Waals surface area contributed by atoms with Crippen LogP contribution in [0.3, 0.4) is 0 Å². The first-order valence-electron chi connectivity index (χ1n) is 9.99. The minimum absolute atomic E-state index is 0.0387. The molecule has 9 nitrogen and oxygen atoms in total. The number of amides is 5. The maximum atomic E-state index is 12.8. The molecule has 9 heteroatoms. The van der Waals surface area contributed by atoms with Crippen LogP contribution in [-0.4, -0.2) is 53.8 Å². The van der Waals surface area contributed by atoms with Crippen molar-refractivity contribution < 1.29 is 28.7 Å². The minimum Gasteiger partial charge on any atom is -0.453 e. The van der Waals surface area contributed by atoms with Gasteiger partial charge >= 0.3 is 12.0 Å². The van der Waals surface area contributed by atoms with Crippen LogP contribution in [0.1, 0.15) is 47.4 Å². The Morgan fingerprint density at radius 2 is 1.65 bits per heavy atom. The van der Waals surface area contributed by atoms with Crippen LogP contribution in [0.4, 0.5) is 4.79 Å². The molecule has 3 rings (SSSR count). The van der Waals surface area contributed by atoms with E-state index in [0.717, 1.165) is 10.3 Å². The van der Waals surface area contributed by atoms with E-state index in [-0.39, 0.29) is 19.4 Å². The predicted molar refractivity (Wildman–Crippen MR) is 111 cm³/mol. The fourth-order valence-corrected chi connectivity index (χ4v) is 3.39. The molecule has 0 saturated carbocycles. The second-order valence-electron chi connectivity index (χ2n) is 7.06. The molecule has 0 bridgehead atoms. The summed E-state index contributed by atoms with van der Waals surface area (Å²) in [5.74, 6) is -2.22. The Bertz CT molecular complexity index is 1010. The van der Waals surface area contributed by atoms with Crippen molar-refractivity contribution in [1.29, 1.82) is 0 Å². The van der Waals surface area contributed by atoms with Gasteiger partial charge in [-0.1, -0.05) is 24.3 Å². The second kappa shape index (κ2) is 9.38. The molecule has 162 valence electrons. The molecular weight excluding hydrogens is 402 g/mol. The normalized spacial score (nSPS) is 13.7. The lowest BCUT2D eigenvalue weighted by Gasteiger charge is -2.27. The van der Waals surface area contributed by atoms with Crippen LogP contribution in [0.5, 0.6) is 0 Å². The third-order valence-corrected chi connectivity index (χ3v) is 4.87. The molecule has 1 heterocycles. The summed E-state index contributed by atoms with van der Waals surface area (Å²) in [5, 5.41) is 5.92. The van der Waals surface area contributed by atoms with Crippen molar-refractivity contribution in [3.8, 4) is 0 Å². The standard InChI is InChI=1S/C22H23N3O6/c1-3-23-22(30)24-19(27)13(2)31-17(26)11-6-12-25-20(28)15-9-4-7-14-8-5-10-16(18(14)15)21(25)29/h4-5,7-10,13H,3,6,11-12H2,1-2H3,(H2,23,24,27,30). The number of benzene rings is 2. The van der Waals surface area contributed by atoms with Gasteiger partial charge in [0.05, 0.1) is 0 Å². The molecule has 5 amide bonds. The number of urea groups is 1. The molecule has 0 fully saturated rings. The molecule has 0 radical (unpaired) electrons. The minimum atomic E-state index is -1.15. The zero-order chi connectivity index (χ0) is 22.5. The first-order valence-corrected chi connectivity index (χ1v) is 9.99. The summed E-state index contributed by atoms with van der Waals surface area (Å²) in [6.45, 7) is 3.43. The van der Waals surface area contributed by atoms with Gasteiger partial charge < -0.3 is 10.1 Å². The topological polar surface area (TPSA) is 122 Å². The fraction of sp³-hybridized carbons (Fsp3) is 0.318. The molecule has 0 saturated heterocycles. The van der Waals surface area contributed by atoms with E-state index in [1.165, 1.54) is 6.92 Å². The Morgan fingerprint density at radius 3 is 2.23 bits per heavy atom. The number of imide groups is 2. The maximum absolute atomic E-state index is 12.8. The van der Waals surface area contributed by atoms with Gasteiger partial charge in [-0.3, -0.25) is 29.4 Å². The van der Waals surface area contributed by atoms with Crippen LogP contribution in [0, 0.1) is 0 Å². The molecule has 1 unspecified atom stereocenters. The molecule has 0 aliphatic carbocycles. The summed E-state index contributed by atoms with van der Waals surface area (Å²) < 4.78 is 5.02. The van der Waals surface area contributed by atoms with Crippen LogP contribution in [-0.2, 0) is 14.3 Å². The van der Waals surface area contributed by atoms with Crippen LogP contribution in [0.2, 0.25) is 0 Å². The number of carbonyl (C=O) groups is 5. The number of ether oxygens (including phenoxy) is 1. The van der Waals surface area contributed by atoms with Crippen molar-refractivity contribution >= 4 is 40.5 Å². The zero-order valence-electron chi connectivity index (χ0n) is 17.3. The lowest BCUT2D eigenvalue weighted by atomic mass is 9.94. The van der Waals surface area contributed by atoms with Gasteiger partial charge in [0.25, 0.3) is 17.7 Å². The van der Waals surface area contributed by atoms with Gasteiger partial charge in [0.15, 0.2) is 6.10 Å². The number of carbonyl (C=O) groups excluding carboxylic acids is 5. The molecule has 1 atom stereocenters. The summed E-state index contributed by atoms with van der Waals surface area (Å²) >= 11 is 0. The number of esters is 1. The first-order chi connectivity index (χ1) is 14.8. The fourth-order valence-electron chi connectivity index (χ4n) is 3.39. The van der Waals surface area contributed by atoms with E-state index in [0.29, 0.717) is 23.1 Å². The van der Waals surface area contributed by atoms with Crippen LogP contribution < -0.4 is 10.6 Å². The van der Waals surface area contributed by atoms with E-state index in [9.17, 15) is 24.0 Å². The van der Waals surface area contributed by atoms with E-state index in [4.69, 9.17) is 4.74 Å². The molecule has 1 aliphatic heterocycles. The largest absolute Gasteiger partial charge is 0.453 e. The van der Waals surface area contributed by atoms with Crippen LogP contribution >= 0.6 is 0 Å². The number of nitrogens with zero attached hydrogens (tertiary/aromatic N) is 1. The maximum Gasteiger partial charge on any atom is 0.321 e. The summed E-state index contributed by atoms with van der Waals surface area (Å²) in [5.41, 5.74) is 0.900. The summed E-state index contributed by atoms with van der Waals surface area (Å²) in [7, 11) is 0. The van der Waals surface area contributed by atoms with Crippen molar-refractivity contribution in [1.82, 2.24) is 15.5 Å². The molecule has 2 aromatic carbocycles. The van der Waals surface area contributed by atoms with Gasteiger partial charge in [-0.15, -0.1) is 0 Å². The Morgan fingerprint density at radius 1 is 1.03 bits per heavy atom. The second-order valence-corrected chi connectivity index (χ2v) is 7.06. The van der Waals surface area contributed by atoms with Gasteiger partial charge in [0.2, 0.25) is 0 Å². The average Bonchev–Trinajstić information content (AvgIpc) is 2.74. The van der Waals surface area contributed by atoms with Crippen molar-refractivity contribution in [3.63, 3.8) is 0 Å². The molecule has 2 N–H and O–H groups in total. The van der Waals surface area contributed by atoms with Crippen LogP contribution in [0.15, 0.2) is 36.4 Å². The zero-order valence-corrected chi connectivity index (χ0v) is 17.3. The molecule has 31 heavy (non-hydrogen) atoms. The van der Waals surface area contributed by atoms with E-state index in [2.05, 4.69) is 10.6 Å². The lowest BCUT2D eigenvalue weighted by Crippen LogP contribution is -2.44. The summed E-state index contributed by atoms with van der Waals surface area (Å²) in [6, 6.07) is 9.90. The van der Waals surface area contributed by atoms with Crippen molar-refractivity contribution in [2.75, 3.05) is 13.1 Å². The Labute approximate surface area is 178 Å². The Hall–Kier alpha value is -3.75. The lowest BCUT2D eigenvalue weighted by molar-refractivity contribution is -0.154. The van der Waals surface area contributed by atoms with Gasteiger partial charge in [-0.2, -0.15) is 0 Å². The first kappa shape index (κ1) is 21.9. The van der Waals surface area contributed by atoms with Gasteiger partial charge in [-0.25, -0.2) is 4.79 Å². The third kappa shape index (κ3) is 4.71. The monoisotopic (exact) mass is 425 g/mol. The van der Waals surface area contributed by atoms with E-state index in [1.807, 2.05) is 12.1 Å². The van der Waals surface area contributed by atoms with Gasteiger partial charge in [0, 0.05) is 36.0 Å². The van der Waals surface area contributed by atoms with E-state index < -0.39 is 35.8 Å². The van der Waals surface area contributed by atoms with E-state index in [1.54, 1.807) is 31.2 Å². The number of nitrogens with one attached hydrogen (secondary N) is 2. The van der Waals surface area contributed by atoms with Crippen molar-refractivity contribution in [2.45, 2.75) is 32.8 Å². The summed E-state index contributed by atoms with van der Waals surface area (Å²) in [4.78, 5) is 62.0. The molecule has 2 aromatic rings. The van der Waals surface area contributed by atoms with Crippen LogP contribution in [0.25, 0.3) is 10.8 Å². The van der Waals surface area contributed by atoms with Gasteiger partial charge in [-0.05, 0) is 37.8 Å². The highest BCUT2D eigenvalue weighted by molar-refractivity contribution is 6.25. The smallest absolute Gasteiger partial charge is 0.321 e. The summed E-state index contributed by atoms with van der Waals surface area (Å²) in [6.07, 6.45) is -1.07. The number of hydrogen-bond donors (Lipinski definition) is 2. The third-order valence-electron chi connectivity index (χ3n) is 4.87. The highest BCUT2D eigenvalue weighted by Gasteiger charge is 2.32. The SMILES string of the molecule is CCNC(=O)NC(=O)C(C)OC(=O)CCCN1C(=O)c2cccc3cccc(c23)C1=O. The van der Waals surface area contributed by atoms with Crippen molar-refractivity contribution in [2.24, 2.45) is 0 Å². The van der Waals surface area contributed by atoms with E-state index >= 15 is 0 Å². The number of hydrogen-bond acceptors (Lipinski definition) is 6. The highest BCUT2D eigenvalue weighted by Crippen LogP contribution is 2.30. The molecule has 0 spiro atoms. The predicted octanol–water partition coefficient (Wildman–Crippen LogP) is 1.99. The quantitative estimate of drug-likeness (QED) is 0.517. The van der Waals surface area contributed by atoms with Crippen molar-refractivity contribution in [3.05, 3.63) is 47.5 Å².